The highest BCUT2D eigenvalue weighted by atomic mass is 16.6. The van der Waals surface area contributed by atoms with Crippen LogP contribution in [0, 0.1) is 10.1 Å². The van der Waals surface area contributed by atoms with Crippen LogP contribution in [0.4, 0.5) is 11.5 Å². The summed E-state index contributed by atoms with van der Waals surface area (Å²) in [4.78, 5) is 10.7. The molecule has 0 saturated heterocycles. The molecule has 0 spiro atoms. The number of nitrogen functional groups attached to an aromatic ring is 1. The largest absolute Gasteiger partial charge is 0.487 e. The molecule has 0 aliphatic carbocycles. The van der Waals surface area contributed by atoms with Crippen molar-refractivity contribution < 1.29 is 9.66 Å². The quantitative estimate of drug-likeness (QED) is 0.650. The zero-order valence-corrected chi connectivity index (χ0v) is 12.2. The first-order valence-electron chi connectivity index (χ1n) is 6.71. The van der Waals surface area contributed by atoms with E-state index >= 15 is 0 Å². The van der Waals surface area contributed by atoms with Crippen molar-refractivity contribution in [2.45, 2.75) is 26.7 Å². The first kappa shape index (κ1) is 14.8. The molecule has 0 radical (unpaired) electrons. The number of nitrogens with one attached hydrogen (secondary N) is 1. The molecule has 3 N–H and O–H groups in total. The molecule has 0 atom stereocenters. The summed E-state index contributed by atoms with van der Waals surface area (Å²) in [6.07, 6.45) is 0. The number of aromatic amines is 1. The van der Waals surface area contributed by atoms with Crippen molar-refractivity contribution in [1.29, 1.82) is 0 Å². The minimum absolute atomic E-state index is 0.0720. The number of nitro benzene ring substituents is 1. The van der Waals surface area contributed by atoms with Gasteiger partial charge in [-0.25, -0.2) is 0 Å². The first-order valence-corrected chi connectivity index (χ1v) is 6.71. The first-order chi connectivity index (χ1) is 9.97. The van der Waals surface area contributed by atoms with Crippen molar-refractivity contribution >= 4 is 11.5 Å². The van der Waals surface area contributed by atoms with E-state index in [4.69, 9.17) is 10.5 Å². The zero-order valence-electron chi connectivity index (χ0n) is 12.2. The molecule has 1 aromatic heterocycles. The standard InChI is InChI=1S/C14H18N4O3/c1-4-21-13-9(6-5-7-10(13)18(19)20)12-11(8(2)3)14(15)17-16-12/h5-8H,4H2,1-3H3,(H3,15,16,17). The Labute approximate surface area is 122 Å². The number of hydrogen-bond acceptors (Lipinski definition) is 5. The molecule has 112 valence electrons. The maximum atomic E-state index is 11.2. The predicted octanol–water partition coefficient (Wildman–Crippen LogP) is 3.09. The second-order valence-corrected chi connectivity index (χ2v) is 4.90. The highest BCUT2D eigenvalue weighted by Crippen LogP contribution is 2.41. The Morgan fingerprint density at radius 2 is 2.19 bits per heavy atom. The van der Waals surface area contributed by atoms with Crippen molar-refractivity contribution in [3.05, 3.63) is 33.9 Å². The molecule has 1 aromatic carbocycles. The lowest BCUT2D eigenvalue weighted by atomic mass is 9.97. The number of rotatable bonds is 5. The molecular formula is C14H18N4O3. The minimum Gasteiger partial charge on any atom is -0.487 e. The summed E-state index contributed by atoms with van der Waals surface area (Å²) < 4.78 is 5.50. The van der Waals surface area contributed by atoms with Gasteiger partial charge in [-0.2, -0.15) is 5.10 Å². The number of anilines is 1. The topological polar surface area (TPSA) is 107 Å². The Bertz CT molecular complexity index is 664. The van der Waals surface area contributed by atoms with Crippen LogP contribution in [0.3, 0.4) is 0 Å². The molecule has 0 amide bonds. The highest BCUT2D eigenvalue weighted by Gasteiger charge is 2.24. The van der Waals surface area contributed by atoms with Gasteiger partial charge >= 0.3 is 5.69 Å². The highest BCUT2D eigenvalue weighted by molar-refractivity contribution is 5.77. The van der Waals surface area contributed by atoms with E-state index < -0.39 is 4.92 Å². The number of hydrogen-bond donors (Lipinski definition) is 2. The molecule has 0 bridgehead atoms. The third-order valence-electron chi connectivity index (χ3n) is 3.16. The molecule has 0 fully saturated rings. The Morgan fingerprint density at radius 3 is 2.76 bits per heavy atom. The monoisotopic (exact) mass is 290 g/mol. The minimum atomic E-state index is -0.455. The molecule has 2 aromatic rings. The fourth-order valence-electron chi connectivity index (χ4n) is 2.32. The summed E-state index contributed by atoms with van der Waals surface area (Å²) >= 11 is 0. The smallest absolute Gasteiger partial charge is 0.311 e. The number of nitrogens with two attached hydrogens (primary N) is 1. The van der Waals surface area contributed by atoms with Crippen molar-refractivity contribution in [3.63, 3.8) is 0 Å². The van der Waals surface area contributed by atoms with Gasteiger partial charge in [0.2, 0.25) is 5.75 Å². The lowest BCUT2D eigenvalue weighted by Crippen LogP contribution is -2.01. The summed E-state index contributed by atoms with van der Waals surface area (Å²) in [5, 5.41) is 18.1. The fourth-order valence-corrected chi connectivity index (χ4v) is 2.32. The third kappa shape index (κ3) is 2.67. The fraction of sp³-hybridized carbons (Fsp3) is 0.357. The molecule has 0 aliphatic rings. The molecule has 0 saturated carbocycles. The summed E-state index contributed by atoms with van der Waals surface area (Å²) in [5.41, 5.74) is 7.90. The van der Waals surface area contributed by atoms with E-state index in [1.54, 1.807) is 19.1 Å². The van der Waals surface area contributed by atoms with Crippen LogP contribution >= 0.6 is 0 Å². The van der Waals surface area contributed by atoms with Gasteiger partial charge in [0, 0.05) is 17.2 Å². The van der Waals surface area contributed by atoms with E-state index in [1.807, 2.05) is 13.8 Å². The zero-order chi connectivity index (χ0) is 15.6. The number of H-pyrrole nitrogens is 1. The predicted molar refractivity (Wildman–Crippen MR) is 80.3 cm³/mol. The summed E-state index contributed by atoms with van der Waals surface area (Å²) in [6.45, 7) is 6.09. The SMILES string of the molecule is CCOc1c(-c2[nH]nc(N)c2C(C)C)cccc1[N+](=O)[O-]. The normalized spacial score (nSPS) is 10.9. The van der Waals surface area contributed by atoms with Crippen LogP contribution in [0.5, 0.6) is 5.75 Å². The van der Waals surface area contributed by atoms with Crippen LogP contribution in [0.1, 0.15) is 32.3 Å². The molecule has 7 nitrogen and oxygen atoms in total. The van der Waals surface area contributed by atoms with E-state index in [2.05, 4.69) is 10.2 Å². The van der Waals surface area contributed by atoms with Gasteiger partial charge in [0.25, 0.3) is 0 Å². The Hall–Kier alpha value is -2.57. The molecular weight excluding hydrogens is 272 g/mol. The molecule has 0 unspecified atom stereocenters. The number of aromatic nitrogens is 2. The molecule has 0 aliphatic heterocycles. The van der Waals surface area contributed by atoms with Crippen molar-refractivity contribution in [3.8, 4) is 17.0 Å². The van der Waals surface area contributed by atoms with Gasteiger partial charge < -0.3 is 10.5 Å². The molecule has 7 heteroatoms. The van der Waals surface area contributed by atoms with Crippen LogP contribution in [0.2, 0.25) is 0 Å². The maximum Gasteiger partial charge on any atom is 0.311 e. The number of nitro groups is 1. The number of nitrogens with zero attached hydrogens (tertiary/aromatic N) is 2. The van der Waals surface area contributed by atoms with E-state index in [0.29, 0.717) is 23.7 Å². The Balaban J connectivity index is 2.69. The second-order valence-electron chi connectivity index (χ2n) is 4.90. The van der Waals surface area contributed by atoms with Crippen molar-refractivity contribution in [2.75, 3.05) is 12.3 Å². The Morgan fingerprint density at radius 1 is 1.48 bits per heavy atom. The van der Waals surface area contributed by atoms with Gasteiger partial charge in [-0.05, 0) is 18.9 Å². The van der Waals surface area contributed by atoms with Crippen LogP contribution in [-0.4, -0.2) is 21.7 Å². The lowest BCUT2D eigenvalue weighted by Gasteiger charge is -2.12. The average Bonchev–Trinajstić information content (AvgIpc) is 2.81. The average molecular weight is 290 g/mol. The summed E-state index contributed by atoms with van der Waals surface area (Å²) in [7, 11) is 0. The van der Waals surface area contributed by atoms with E-state index in [-0.39, 0.29) is 17.4 Å². The van der Waals surface area contributed by atoms with Crippen LogP contribution in [0.15, 0.2) is 18.2 Å². The number of ether oxygens (including phenoxy) is 1. The van der Waals surface area contributed by atoms with Gasteiger partial charge in [0.15, 0.2) is 0 Å². The molecule has 1 heterocycles. The van der Waals surface area contributed by atoms with Crippen LogP contribution in [0.25, 0.3) is 11.3 Å². The Kier molecular flexibility index (Phi) is 4.11. The van der Waals surface area contributed by atoms with Gasteiger partial charge in [-0.3, -0.25) is 15.2 Å². The van der Waals surface area contributed by atoms with Crippen LogP contribution < -0.4 is 10.5 Å². The summed E-state index contributed by atoms with van der Waals surface area (Å²) in [6, 6.07) is 4.80. The third-order valence-corrected chi connectivity index (χ3v) is 3.16. The second kappa shape index (κ2) is 5.82. The van der Waals surface area contributed by atoms with Gasteiger partial charge in [-0.15, -0.1) is 0 Å². The van der Waals surface area contributed by atoms with Crippen molar-refractivity contribution in [2.24, 2.45) is 0 Å². The van der Waals surface area contributed by atoms with E-state index in [0.717, 1.165) is 5.56 Å². The van der Waals surface area contributed by atoms with Gasteiger partial charge in [0.05, 0.1) is 17.2 Å². The van der Waals surface area contributed by atoms with E-state index in [1.165, 1.54) is 6.07 Å². The molecule has 2 rings (SSSR count). The summed E-state index contributed by atoms with van der Waals surface area (Å²) in [5.74, 6) is 0.761. The number of benzene rings is 1. The maximum absolute atomic E-state index is 11.2. The van der Waals surface area contributed by atoms with Crippen LogP contribution in [-0.2, 0) is 0 Å². The molecule has 21 heavy (non-hydrogen) atoms. The van der Waals surface area contributed by atoms with Gasteiger partial charge in [0.1, 0.15) is 5.82 Å². The number of para-hydroxylation sites is 1. The van der Waals surface area contributed by atoms with Crippen molar-refractivity contribution in [1.82, 2.24) is 10.2 Å². The lowest BCUT2D eigenvalue weighted by molar-refractivity contribution is -0.385. The van der Waals surface area contributed by atoms with Gasteiger partial charge in [-0.1, -0.05) is 19.9 Å². The van der Waals surface area contributed by atoms with E-state index in [9.17, 15) is 10.1 Å².